The van der Waals surface area contributed by atoms with E-state index in [0.29, 0.717) is 22.8 Å². The van der Waals surface area contributed by atoms with E-state index in [9.17, 15) is 9.90 Å². The molecule has 0 fully saturated rings. The van der Waals surface area contributed by atoms with E-state index in [-0.39, 0.29) is 37.5 Å². The summed E-state index contributed by atoms with van der Waals surface area (Å²) >= 11 is 0. The van der Waals surface area contributed by atoms with E-state index >= 15 is 0 Å². The van der Waals surface area contributed by atoms with Crippen LogP contribution in [-0.2, 0) is 14.2 Å². The molecule has 0 saturated heterocycles. The summed E-state index contributed by atoms with van der Waals surface area (Å²) in [5.74, 6) is 0.787. The molecule has 29 heavy (non-hydrogen) atoms. The van der Waals surface area contributed by atoms with Crippen molar-refractivity contribution in [2.24, 2.45) is 0 Å². The number of carbonyl (C=O) groups excluding carboxylic acids is 1. The fraction of sp³-hybridized carbons (Fsp3) is 0.286. The highest BCUT2D eigenvalue weighted by Gasteiger charge is 2.11. The number of rotatable bonds is 12. The van der Waals surface area contributed by atoms with Crippen LogP contribution in [-0.4, -0.2) is 52.6 Å². The van der Waals surface area contributed by atoms with E-state index in [1.54, 1.807) is 30.3 Å². The standard InChI is InChI=1S/C21H24O8/c1-24-12-27-16-6-7-17(19(23)11-16)18(22)8-4-15-5-9-20(28-13-25-2)21(10-15)29-14-26-3/h4-11,23H,12-14H2,1-3H3. The molecule has 0 unspecified atom stereocenters. The lowest BCUT2D eigenvalue weighted by Gasteiger charge is -2.12. The van der Waals surface area contributed by atoms with Crippen molar-refractivity contribution in [2.75, 3.05) is 41.7 Å². The zero-order chi connectivity index (χ0) is 21.1. The van der Waals surface area contributed by atoms with E-state index in [1.807, 2.05) is 0 Å². The van der Waals surface area contributed by atoms with Crippen molar-refractivity contribution < 1.29 is 38.3 Å². The number of hydrogen-bond donors (Lipinski definition) is 1. The largest absolute Gasteiger partial charge is 0.507 e. The Kier molecular flexibility index (Phi) is 8.97. The number of phenols is 1. The summed E-state index contributed by atoms with van der Waals surface area (Å²) in [6.07, 6.45) is 2.97. The molecule has 0 heterocycles. The highest BCUT2D eigenvalue weighted by Crippen LogP contribution is 2.29. The molecule has 0 bridgehead atoms. The second kappa shape index (κ2) is 11.7. The number of aromatic hydroxyl groups is 1. The first-order valence-corrected chi connectivity index (χ1v) is 8.63. The molecule has 0 aromatic heterocycles. The molecule has 2 rings (SSSR count). The molecule has 0 aliphatic carbocycles. The number of allylic oxidation sites excluding steroid dienone is 1. The fourth-order valence-corrected chi connectivity index (χ4v) is 2.30. The van der Waals surface area contributed by atoms with Crippen molar-refractivity contribution in [3.05, 3.63) is 53.6 Å². The topological polar surface area (TPSA) is 92.7 Å². The Balaban J connectivity index is 2.14. The predicted octanol–water partition coefficient (Wildman–Crippen LogP) is 3.24. The van der Waals surface area contributed by atoms with Gasteiger partial charge >= 0.3 is 0 Å². The van der Waals surface area contributed by atoms with Gasteiger partial charge in [-0.2, -0.15) is 0 Å². The molecule has 0 spiro atoms. The molecule has 2 aromatic rings. The average Bonchev–Trinajstić information content (AvgIpc) is 2.73. The van der Waals surface area contributed by atoms with Crippen molar-refractivity contribution in [2.45, 2.75) is 0 Å². The second-order valence-corrected chi connectivity index (χ2v) is 5.74. The minimum atomic E-state index is -0.361. The van der Waals surface area contributed by atoms with Gasteiger partial charge in [0, 0.05) is 27.4 Å². The van der Waals surface area contributed by atoms with Crippen LogP contribution < -0.4 is 14.2 Å². The normalized spacial score (nSPS) is 10.9. The van der Waals surface area contributed by atoms with E-state index < -0.39 is 0 Å². The van der Waals surface area contributed by atoms with Gasteiger partial charge in [-0.3, -0.25) is 4.79 Å². The summed E-state index contributed by atoms with van der Waals surface area (Å²) in [5, 5.41) is 10.1. The monoisotopic (exact) mass is 404 g/mol. The fourth-order valence-electron chi connectivity index (χ4n) is 2.30. The highest BCUT2D eigenvalue weighted by molar-refractivity contribution is 6.08. The van der Waals surface area contributed by atoms with Crippen LogP contribution in [0.1, 0.15) is 15.9 Å². The summed E-state index contributed by atoms with van der Waals surface area (Å²) in [6.45, 7) is 0.158. The molecular weight excluding hydrogens is 380 g/mol. The molecule has 0 amide bonds. The molecule has 0 atom stereocenters. The van der Waals surface area contributed by atoms with E-state index in [2.05, 4.69) is 0 Å². The molecule has 156 valence electrons. The Morgan fingerprint density at radius 2 is 1.52 bits per heavy atom. The Bertz CT molecular complexity index is 831. The molecule has 0 aliphatic rings. The average molecular weight is 404 g/mol. The Hall–Kier alpha value is -3.07. The summed E-state index contributed by atoms with van der Waals surface area (Å²) in [6, 6.07) is 9.60. The molecule has 1 N–H and O–H groups in total. The molecule has 0 radical (unpaired) electrons. The van der Waals surface area contributed by atoms with Gasteiger partial charge in [0.15, 0.2) is 37.7 Å². The number of benzene rings is 2. The number of phenolic OH excluding ortho intramolecular Hbond substituents is 1. The van der Waals surface area contributed by atoms with Gasteiger partial charge in [0.25, 0.3) is 0 Å². The third-order valence-electron chi connectivity index (χ3n) is 3.64. The van der Waals surface area contributed by atoms with Gasteiger partial charge in [0.1, 0.15) is 11.5 Å². The van der Waals surface area contributed by atoms with Crippen molar-refractivity contribution in [3.8, 4) is 23.0 Å². The van der Waals surface area contributed by atoms with Crippen molar-refractivity contribution in [1.82, 2.24) is 0 Å². The molecule has 0 saturated carbocycles. The zero-order valence-electron chi connectivity index (χ0n) is 16.5. The first-order valence-electron chi connectivity index (χ1n) is 8.63. The van der Waals surface area contributed by atoms with Crippen LogP contribution >= 0.6 is 0 Å². The Morgan fingerprint density at radius 3 is 2.17 bits per heavy atom. The highest BCUT2D eigenvalue weighted by atomic mass is 16.7. The summed E-state index contributed by atoms with van der Waals surface area (Å²) in [5.41, 5.74) is 0.857. The first-order chi connectivity index (χ1) is 14.1. The van der Waals surface area contributed by atoms with E-state index in [4.69, 9.17) is 28.4 Å². The number of hydrogen-bond acceptors (Lipinski definition) is 8. The van der Waals surface area contributed by atoms with Gasteiger partial charge in [0.2, 0.25) is 0 Å². The molecular formula is C21H24O8. The number of ether oxygens (including phenoxy) is 6. The van der Waals surface area contributed by atoms with Gasteiger partial charge in [-0.05, 0) is 35.9 Å². The minimum absolute atomic E-state index is 0.0425. The van der Waals surface area contributed by atoms with Crippen molar-refractivity contribution >= 4 is 11.9 Å². The smallest absolute Gasteiger partial charge is 0.189 e. The maximum absolute atomic E-state index is 12.4. The summed E-state index contributed by atoms with van der Waals surface area (Å²) < 4.78 is 30.8. The van der Waals surface area contributed by atoms with Crippen molar-refractivity contribution in [1.29, 1.82) is 0 Å². The number of methoxy groups -OCH3 is 3. The minimum Gasteiger partial charge on any atom is -0.507 e. The van der Waals surface area contributed by atoms with Crippen molar-refractivity contribution in [3.63, 3.8) is 0 Å². The quantitative estimate of drug-likeness (QED) is 0.327. The van der Waals surface area contributed by atoms with Gasteiger partial charge in [0.05, 0.1) is 5.56 Å². The molecule has 8 heteroatoms. The van der Waals surface area contributed by atoms with Gasteiger partial charge in [-0.25, -0.2) is 0 Å². The molecule has 2 aromatic carbocycles. The second-order valence-electron chi connectivity index (χ2n) is 5.74. The van der Waals surface area contributed by atoms with Gasteiger partial charge in [-0.1, -0.05) is 12.1 Å². The van der Waals surface area contributed by atoms with Gasteiger partial charge in [-0.15, -0.1) is 0 Å². The van der Waals surface area contributed by atoms with Crippen LogP contribution in [0.4, 0.5) is 0 Å². The predicted molar refractivity (Wildman–Crippen MR) is 105 cm³/mol. The maximum Gasteiger partial charge on any atom is 0.189 e. The van der Waals surface area contributed by atoms with Crippen LogP contribution in [0.2, 0.25) is 0 Å². The van der Waals surface area contributed by atoms with Crippen LogP contribution in [0.25, 0.3) is 6.08 Å². The molecule has 8 nitrogen and oxygen atoms in total. The first kappa shape index (κ1) is 22.2. The Labute approximate surface area is 169 Å². The Morgan fingerprint density at radius 1 is 0.862 bits per heavy atom. The summed E-state index contributed by atoms with van der Waals surface area (Å²) in [4.78, 5) is 12.4. The van der Waals surface area contributed by atoms with E-state index in [0.717, 1.165) is 0 Å². The SMILES string of the molecule is COCOc1ccc(C(=O)C=Cc2ccc(OCOC)c(OCOC)c2)c(O)c1. The van der Waals surface area contributed by atoms with Crippen LogP contribution in [0.3, 0.4) is 0 Å². The van der Waals surface area contributed by atoms with E-state index in [1.165, 1.54) is 39.5 Å². The van der Waals surface area contributed by atoms with Crippen LogP contribution in [0, 0.1) is 0 Å². The van der Waals surface area contributed by atoms with Crippen LogP contribution in [0.5, 0.6) is 23.0 Å². The lowest BCUT2D eigenvalue weighted by atomic mass is 10.1. The third-order valence-corrected chi connectivity index (χ3v) is 3.64. The zero-order valence-corrected chi connectivity index (χ0v) is 16.5. The number of carbonyl (C=O) groups is 1. The van der Waals surface area contributed by atoms with Gasteiger partial charge < -0.3 is 33.5 Å². The lowest BCUT2D eigenvalue weighted by molar-refractivity contribution is 0.0322. The summed E-state index contributed by atoms with van der Waals surface area (Å²) in [7, 11) is 4.52. The maximum atomic E-state index is 12.4. The lowest BCUT2D eigenvalue weighted by Crippen LogP contribution is -2.04. The molecule has 0 aliphatic heterocycles. The van der Waals surface area contributed by atoms with Crippen LogP contribution in [0.15, 0.2) is 42.5 Å². The third kappa shape index (κ3) is 6.79. The number of ketones is 1.